The van der Waals surface area contributed by atoms with Gasteiger partial charge in [-0.3, -0.25) is 24.3 Å². The molecule has 160 valence electrons. The van der Waals surface area contributed by atoms with E-state index in [0.29, 0.717) is 29.8 Å². The van der Waals surface area contributed by atoms with Crippen molar-refractivity contribution in [1.82, 2.24) is 15.2 Å². The SMILES string of the molecule is O=C(CCN1C(=O)c2ccccc2N2C(=O)c3ccccc3C12)NCCc1ccccn1. The van der Waals surface area contributed by atoms with E-state index in [1.165, 1.54) is 0 Å². The summed E-state index contributed by atoms with van der Waals surface area (Å²) in [5.41, 5.74) is 3.37. The van der Waals surface area contributed by atoms with Crippen molar-refractivity contribution >= 4 is 23.4 Å². The molecule has 0 saturated heterocycles. The lowest BCUT2D eigenvalue weighted by Crippen LogP contribution is -2.49. The molecule has 2 aliphatic heterocycles. The Morgan fingerprint density at radius 3 is 2.47 bits per heavy atom. The van der Waals surface area contributed by atoms with Crippen molar-refractivity contribution in [3.8, 4) is 0 Å². The Kier molecular flexibility index (Phi) is 5.15. The Morgan fingerprint density at radius 2 is 1.66 bits per heavy atom. The molecule has 5 rings (SSSR count). The van der Waals surface area contributed by atoms with Crippen LogP contribution in [0.4, 0.5) is 5.69 Å². The van der Waals surface area contributed by atoms with E-state index in [-0.39, 0.29) is 30.7 Å². The van der Waals surface area contributed by atoms with Gasteiger partial charge in [-0.05, 0) is 30.3 Å². The number of carbonyl (C=O) groups is 3. The van der Waals surface area contributed by atoms with Crippen molar-refractivity contribution in [1.29, 1.82) is 0 Å². The summed E-state index contributed by atoms with van der Waals surface area (Å²) >= 11 is 0. The number of nitrogens with one attached hydrogen (secondary N) is 1. The quantitative estimate of drug-likeness (QED) is 0.657. The number of hydrogen-bond donors (Lipinski definition) is 1. The molecule has 7 heteroatoms. The van der Waals surface area contributed by atoms with Crippen molar-refractivity contribution < 1.29 is 14.4 Å². The van der Waals surface area contributed by atoms with Gasteiger partial charge in [0.25, 0.3) is 11.8 Å². The van der Waals surface area contributed by atoms with Crippen LogP contribution in [0, 0.1) is 0 Å². The highest BCUT2D eigenvalue weighted by molar-refractivity contribution is 6.16. The summed E-state index contributed by atoms with van der Waals surface area (Å²) in [6.07, 6.45) is 1.98. The minimum atomic E-state index is -0.539. The summed E-state index contributed by atoms with van der Waals surface area (Å²) in [5.74, 6) is -0.445. The Labute approximate surface area is 185 Å². The van der Waals surface area contributed by atoms with E-state index in [1.54, 1.807) is 40.3 Å². The van der Waals surface area contributed by atoms with Crippen LogP contribution in [0.15, 0.2) is 72.9 Å². The van der Waals surface area contributed by atoms with Crippen LogP contribution < -0.4 is 10.2 Å². The minimum Gasteiger partial charge on any atom is -0.356 e. The zero-order chi connectivity index (χ0) is 22.1. The third-order valence-electron chi connectivity index (χ3n) is 5.89. The van der Waals surface area contributed by atoms with Crippen LogP contribution in [0.25, 0.3) is 0 Å². The fourth-order valence-electron chi connectivity index (χ4n) is 4.39. The molecule has 3 aromatic rings. The fourth-order valence-corrected chi connectivity index (χ4v) is 4.39. The molecule has 7 nitrogen and oxygen atoms in total. The second kappa shape index (κ2) is 8.26. The standard InChI is InChI=1S/C25H22N4O3/c30-22(27-15-12-17-7-5-6-14-26-17)13-16-28-23-18-8-1-2-9-19(18)25(32)29(23)21-11-4-3-10-20(21)24(28)31/h1-11,14,23H,12-13,15-16H2,(H,27,30). The molecule has 1 unspecified atom stereocenters. The largest absolute Gasteiger partial charge is 0.356 e. The van der Waals surface area contributed by atoms with Gasteiger partial charge in [-0.15, -0.1) is 0 Å². The van der Waals surface area contributed by atoms with E-state index in [9.17, 15) is 14.4 Å². The number of anilines is 1. The van der Waals surface area contributed by atoms with Crippen LogP contribution in [0.5, 0.6) is 0 Å². The maximum Gasteiger partial charge on any atom is 0.260 e. The number of benzene rings is 2. The highest BCUT2D eigenvalue weighted by atomic mass is 16.2. The van der Waals surface area contributed by atoms with Gasteiger partial charge in [0.05, 0.1) is 11.3 Å². The van der Waals surface area contributed by atoms with E-state index in [2.05, 4.69) is 10.3 Å². The van der Waals surface area contributed by atoms with Crippen molar-refractivity contribution in [2.24, 2.45) is 0 Å². The Morgan fingerprint density at radius 1 is 0.906 bits per heavy atom. The maximum atomic E-state index is 13.3. The third kappa shape index (κ3) is 3.41. The van der Waals surface area contributed by atoms with Crippen molar-refractivity contribution in [2.75, 3.05) is 18.0 Å². The summed E-state index contributed by atoms with van der Waals surface area (Å²) in [6.45, 7) is 0.689. The first-order chi connectivity index (χ1) is 15.6. The molecule has 2 aliphatic rings. The molecule has 2 aromatic carbocycles. The average Bonchev–Trinajstić information content (AvgIpc) is 3.12. The Balaban J connectivity index is 1.33. The smallest absolute Gasteiger partial charge is 0.260 e. The number of amides is 3. The highest BCUT2D eigenvalue weighted by Crippen LogP contribution is 2.45. The number of hydrogen-bond acceptors (Lipinski definition) is 4. The molecule has 3 heterocycles. The monoisotopic (exact) mass is 426 g/mol. The van der Waals surface area contributed by atoms with Gasteiger partial charge in [0.15, 0.2) is 0 Å². The van der Waals surface area contributed by atoms with Gasteiger partial charge in [0.1, 0.15) is 6.17 Å². The number of aromatic nitrogens is 1. The topological polar surface area (TPSA) is 82.6 Å². The maximum absolute atomic E-state index is 13.3. The van der Waals surface area contributed by atoms with E-state index in [0.717, 1.165) is 11.3 Å². The second-order valence-electron chi connectivity index (χ2n) is 7.82. The molecular weight excluding hydrogens is 404 g/mol. The molecule has 32 heavy (non-hydrogen) atoms. The zero-order valence-electron chi connectivity index (χ0n) is 17.4. The van der Waals surface area contributed by atoms with Crippen molar-refractivity contribution in [3.05, 3.63) is 95.3 Å². The molecule has 3 amide bonds. The fraction of sp³-hybridized carbons (Fsp3) is 0.200. The molecule has 1 atom stereocenters. The van der Waals surface area contributed by atoms with Crippen LogP contribution in [0.3, 0.4) is 0 Å². The Hall–Kier alpha value is -4.00. The van der Waals surface area contributed by atoms with Gasteiger partial charge in [-0.25, -0.2) is 0 Å². The summed E-state index contributed by atoms with van der Waals surface area (Å²) in [6, 6.07) is 20.2. The van der Waals surface area contributed by atoms with E-state index < -0.39 is 6.17 Å². The van der Waals surface area contributed by atoms with E-state index in [4.69, 9.17) is 0 Å². The van der Waals surface area contributed by atoms with Crippen LogP contribution in [0.2, 0.25) is 0 Å². The predicted octanol–water partition coefficient (Wildman–Crippen LogP) is 2.95. The predicted molar refractivity (Wildman–Crippen MR) is 119 cm³/mol. The van der Waals surface area contributed by atoms with Crippen LogP contribution in [-0.4, -0.2) is 40.7 Å². The highest BCUT2D eigenvalue weighted by Gasteiger charge is 2.47. The van der Waals surface area contributed by atoms with Gasteiger partial charge >= 0.3 is 0 Å². The summed E-state index contributed by atoms with van der Waals surface area (Å²) < 4.78 is 0. The lowest BCUT2D eigenvalue weighted by atomic mass is 10.0. The van der Waals surface area contributed by atoms with Crippen LogP contribution >= 0.6 is 0 Å². The van der Waals surface area contributed by atoms with Crippen LogP contribution in [-0.2, 0) is 11.2 Å². The molecule has 0 fully saturated rings. The number of para-hydroxylation sites is 1. The van der Waals surface area contributed by atoms with Gasteiger partial charge < -0.3 is 10.2 Å². The van der Waals surface area contributed by atoms with E-state index >= 15 is 0 Å². The molecule has 0 spiro atoms. The number of rotatable bonds is 6. The lowest BCUT2D eigenvalue weighted by Gasteiger charge is -2.40. The number of pyridine rings is 1. The molecule has 0 aliphatic carbocycles. The van der Waals surface area contributed by atoms with Crippen molar-refractivity contribution in [3.63, 3.8) is 0 Å². The van der Waals surface area contributed by atoms with Gasteiger partial charge in [-0.2, -0.15) is 0 Å². The molecule has 0 radical (unpaired) electrons. The molecular formula is C25H22N4O3. The first-order valence-corrected chi connectivity index (χ1v) is 10.6. The number of fused-ring (bicyclic) bond motifs is 5. The first kappa shape index (κ1) is 19.9. The summed E-state index contributed by atoms with van der Waals surface area (Å²) in [4.78, 5) is 46.5. The van der Waals surface area contributed by atoms with Gasteiger partial charge in [0.2, 0.25) is 5.91 Å². The first-order valence-electron chi connectivity index (χ1n) is 10.6. The normalized spacial score (nSPS) is 16.4. The summed E-state index contributed by atoms with van der Waals surface area (Å²) in [7, 11) is 0. The molecule has 0 bridgehead atoms. The van der Waals surface area contributed by atoms with E-state index in [1.807, 2.05) is 42.5 Å². The van der Waals surface area contributed by atoms with Gasteiger partial charge in [-0.1, -0.05) is 36.4 Å². The lowest BCUT2D eigenvalue weighted by molar-refractivity contribution is -0.121. The second-order valence-corrected chi connectivity index (χ2v) is 7.82. The average molecular weight is 426 g/mol. The van der Waals surface area contributed by atoms with Crippen molar-refractivity contribution in [2.45, 2.75) is 19.0 Å². The zero-order valence-corrected chi connectivity index (χ0v) is 17.4. The van der Waals surface area contributed by atoms with Crippen LogP contribution in [0.1, 0.15) is 44.6 Å². The molecule has 0 saturated carbocycles. The molecule has 1 aromatic heterocycles. The van der Waals surface area contributed by atoms with Gasteiger partial charge in [0, 0.05) is 48.9 Å². The third-order valence-corrected chi connectivity index (χ3v) is 5.89. The number of carbonyl (C=O) groups excluding carboxylic acids is 3. The number of nitrogens with zero attached hydrogens (tertiary/aromatic N) is 3. The summed E-state index contributed by atoms with van der Waals surface area (Å²) in [5, 5.41) is 2.89. The Bertz CT molecular complexity index is 1190. The molecule has 1 N–H and O–H groups in total. The minimum absolute atomic E-state index is 0.129.